The molecule has 1 aromatic heterocycles. The summed E-state index contributed by atoms with van der Waals surface area (Å²) in [5.41, 5.74) is 8.08. The molecule has 1 amide bonds. The zero-order chi connectivity index (χ0) is 23.5. The van der Waals surface area contributed by atoms with Crippen molar-refractivity contribution < 1.29 is 13.9 Å². The molecule has 1 saturated heterocycles. The molecule has 172 valence electrons. The molecular weight excluding hydrogens is 468 g/mol. The predicted molar refractivity (Wildman–Crippen MR) is 126 cm³/mol. The Labute approximate surface area is 200 Å². The number of carbonyl (C=O) groups excluding carboxylic acids is 1. The van der Waals surface area contributed by atoms with Crippen LogP contribution in [0.4, 0.5) is 10.2 Å². The van der Waals surface area contributed by atoms with Gasteiger partial charge in [-0.1, -0.05) is 35.3 Å². The molecule has 1 unspecified atom stereocenters. The van der Waals surface area contributed by atoms with E-state index in [4.69, 9.17) is 33.7 Å². The molecule has 2 heterocycles. The number of benzene rings is 2. The molecule has 1 atom stereocenters. The van der Waals surface area contributed by atoms with Gasteiger partial charge in [0.15, 0.2) is 5.82 Å². The van der Waals surface area contributed by atoms with E-state index in [9.17, 15) is 9.18 Å². The van der Waals surface area contributed by atoms with Crippen molar-refractivity contribution in [3.63, 3.8) is 0 Å². The van der Waals surface area contributed by atoms with E-state index in [0.717, 1.165) is 18.7 Å². The van der Waals surface area contributed by atoms with Gasteiger partial charge in [-0.15, -0.1) is 0 Å². The number of anilines is 1. The Morgan fingerprint density at radius 2 is 1.88 bits per heavy atom. The minimum absolute atomic E-state index is 0.00635. The molecule has 1 aliphatic rings. The van der Waals surface area contributed by atoms with Crippen LogP contribution in [0.2, 0.25) is 10.0 Å². The fourth-order valence-electron chi connectivity index (χ4n) is 3.58. The number of nitrogen functional groups attached to an aromatic ring is 1. The van der Waals surface area contributed by atoms with Crippen LogP contribution in [0, 0.1) is 5.82 Å². The van der Waals surface area contributed by atoms with Gasteiger partial charge in [-0.05, 0) is 31.2 Å². The van der Waals surface area contributed by atoms with Crippen LogP contribution in [0.15, 0.2) is 42.6 Å². The normalized spacial score (nSPS) is 14.7. The molecule has 0 radical (unpaired) electrons. The van der Waals surface area contributed by atoms with Crippen LogP contribution in [0.3, 0.4) is 0 Å². The maximum atomic E-state index is 13.9. The first-order chi connectivity index (χ1) is 15.8. The number of hydrogen-bond donors (Lipinski definition) is 2. The smallest absolute Gasteiger partial charge is 0.258 e. The number of halogens is 3. The van der Waals surface area contributed by atoms with Crippen molar-refractivity contribution in [3.05, 3.63) is 69.6 Å². The minimum atomic E-state index is -0.730. The number of rotatable bonds is 5. The molecule has 10 heteroatoms. The van der Waals surface area contributed by atoms with Crippen LogP contribution in [-0.2, 0) is 0 Å². The number of ether oxygens (including phenoxy) is 1. The molecule has 0 bridgehead atoms. The first kappa shape index (κ1) is 23.2. The van der Waals surface area contributed by atoms with E-state index in [1.165, 1.54) is 18.3 Å². The fourth-order valence-corrected chi connectivity index (χ4v) is 4.26. The topological polar surface area (TPSA) is 93.4 Å². The van der Waals surface area contributed by atoms with Crippen LogP contribution in [-0.4, -0.2) is 47.0 Å². The highest BCUT2D eigenvalue weighted by molar-refractivity contribution is 6.36. The highest BCUT2D eigenvalue weighted by Gasteiger charge is 2.21. The van der Waals surface area contributed by atoms with E-state index < -0.39 is 11.9 Å². The van der Waals surface area contributed by atoms with Crippen LogP contribution in [0.25, 0.3) is 11.3 Å². The lowest BCUT2D eigenvalue weighted by Gasteiger charge is -2.27. The lowest BCUT2D eigenvalue weighted by molar-refractivity contribution is 0.0736. The average molecular weight is 490 g/mol. The van der Waals surface area contributed by atoms with Crippen LogP contribution in [0.5, 0.6) is 5.88 Å². The van der Waals surface area contributed by atoms with Crippen LogP contribution >= 0.6 is 23.2 Å². The molecule has 0 aliphatic carbocycles. The summed E-state index contributed by atoms with van der Waals surface area (Å²) < 4.78 is 19.8. The summed E-state index contributed by atoms with van der Waals surface area (Å²) in [7, 11) is 0. The first-order valence-corrected chi connectivity index (χ1v) is 11.1. The maximum absolute atomic E-state index is 13.9. The largest absolute Gasteiger partial charge is 0.467 e. The Bertz CT molecular complexity index is 1170. The Kier molecular flexibility index (Phi) is 6.97. The number of hydrogen-bond acceptors (Lipinski definition) is 6. The quantitative estimate of drug-likeness (QED) is 0.517. The van der Waals surface area contributed by atoms with E-state index in [1.54, 1.807) is 31.2 Å². The highest BCUT2D eigenvalue weighted by atomic mass is 35.5. The summed E-state index contributed by atoms with van der Waals surface area (Å²) in [6.45, 7) is 4.61. The van der Waals surface area contributed by atoms with Crippen molar-refractivity contribution >= 4 is 34.9 Å². The maximum Gasteiger partial charge on any atom is 0.258 e. The van der Waals surface area contributed by atoms with Gasteiger partial charge in [-0.2, -0.15) is 0 Å². The zero-order valence-corrected chi connectivity index (χ0v) is 19.3. The molecule has 33 heavy (non-hydrogen) atoms. The van der Waals surface area contributed by atoms with Gasteiger partial charge in [-0.3, -0.25) is 4.79 Å². The van der Waals surface area contributed by atoms with Gasteiger partial charge in [-0.25, -0.2) is 14.4 Å². The number of carbonyl (C=O) groups is 1. The molecule has 4 rings (SSSR count). The molecule has 3 N–H and O–H groups in total. The molecule has 2 aromatic carbocycles. The summed E-state index contributed by atoms with van der Waals surface area (Å²) in [6.07, 6.45) is 0.786. The fraction of sp³-hybridized carbons (Fsp3) is 0.261. The number of nitrogens with two attached hydrogens (primary N) is 1. The summed E-state index contributed by atoms with van der Waals surface area (Å²) in [5, 5.41) is 3.37. The van der Waals surface area contributed by atoms with Gasteiger partial charge in [0.05, 0.1) is 16.9 Å². The predicted octanol–water partition coefficient (Wildman–Crippen LogP) is 4.36. The molecule has 1 aliphatic heterocycles. The van der Waals surface area contributed by atoms with Crippen molar-refractivity contribution in [2.24, 2.45) is 0 Å². The van der Waals surface area contributed by atoms with Gasteiger partial charge in [0.25, 0.3) is 11.8 Å². The third kappa shape index (κ3) is 5.03. The van der Waals surface area contributed by atoms with E-state index in [0.29, 0.717) is 29.9 Å². The van der Waals surface area contributed by atoms with Crippen molar-refractivity contribution in [1.82, 2.24) is 20.2 Å². The van der Waals surface area contributed by atoms with Crippen molar-refractivity contribution in [1.29, 1.82) is 0 Å². The van der Waals surface area contributed by atoms with E-state index >= 15 is 0 Å². The molecule has 3 aromatic rings. The zero-order valence-electron chi connectivity index (χ0n) is 17.8. The minimum Gasteiger partial charge on any atom is -0.467 e. The van der Waals surface area contributed by atoms with Crippen molar-refractivity contribution in [2.45, 2.75) is 13.0 Å². The molecule has 0 spiro atoms. The Morgan fingerprint density at radius 3 is 2.58 bits per heavy atom. The van der Waals surface area contributed by atoms with Gasteiger partial charge >= 0.3 is 0 Å². The summed E-state index contributed by atoms with van der Waals surface area (Å²) in [4.78, 5) is 23.1. The summed E-state index contributed by atoms with van der Waals surface area (Å²) >= 11 is 12.3. The lowest BCUT2D eigenvalue weighted by Crippen LogP contribution is -2.46. The van der Waals surface area contributed by atoms with Crippen LogP contribution in [0.1, 0.15) is 28.9 Å². The van der Waals surface area contributed by atoms with Gasteiger partial charge in [0.1, 0.15) is 11.9 Å². The number of aromatic nitrogens is 2. The number of amides is 1. The second-order valence-corrected chi connectivity index (χ2v) is 8.37. The van der Waals surface area contributed by atoms with Gasteiger partial charge < -0.3 is 20.7 Å². The first-order valence-electron chi connectivity index (χ1n) is 10.4. The molecule has 1 fully saturated rings. The van der Waals surface area contributed by atoms with Gasteiger partial charge in [0.2, 0.25) is 0 Å². The molecular formula is C23H22Cl2FN5O2. The summed E-state index contributed by atoms with van der Waals surface area (Å²) in [6, 6.07) is 9.70. The molecule has 7 nitrogen and oxygen atoms in total. The van der Waals surface area contributed by atoms with Crippen molar-refractivity contribution in [3.8, 4) is 17.1 Å². The monoisotopic (exact) mass is 489 g/mol. The van der Waals surface area contributed by atoms with Crippen LogP contribution < -0.4 is 15.8 Å². The Balaban J connectivity index is 1.55. The number of nitrogens with zero attached hydrogens (tertiary/aromatic N) is 3. The SMILES string of the molecule is CC(Oc1nc(-c2ccc(C(=O)N3CCNCC3)cc2)cnc1N)c1c(Cl)ccc(F)c1Cl. The third-order valence-corrected chi connectivity index (χ3v) is 6.09. The van der Waals surface area contributed by atoms with E-state index in [2.05, 4.69) is 15.3 Å². The Hall–Kier alpha value is -2.94. The average Bonchev–Trinajstić information content (AvgIpc) is 2.83. The highest BCUT2D eigenvalue weighted by Crippen LogP contribution is 2.35. The molecule has 0 saturated carbocycles. The van der Waals surface area contributed by atoms with Gasteiger partial charge in [0, 0.05) is 47.9 Å². The van der Waals surface area contributed by atoms with E-state index in [1.807, 2.05) is 4.90 Å². The Morgan fingerprint density at radius 1 is 1.18 bits per heavy atom. The number of piperazine rings is 1. The standard InChI is InChI=1S/C23H22Cl2FN5O2/c1-13(19-16(24)6-7-17(26)20(19)25)33-22-21(27)29-12-18(30-22)14-2-4-15(5-3-14)23(32)31-10-8-28-9-11-31/h2-7,12-13,28H,8-11H2,1H3,(H2,27,29). The third-order valence-electron chi connectivity index (χ3n) is 5.37. The van der Waals surface area contributed by atoms with Crippen molar-refractivity contribution in [2.75, 3.05) is 31.9 Å². The summed E-state index contributed by atoms with van der Waals surface area (Å²) in [5.74, 6) is -0.472. The second-order valence-electron chi connectivity index (χ2n) is 7.58. The van der Waals surface area contributed by atoms with E-state index in [-0.39, 0.29) is 27.7 Å². The number of nitrogens with one attached hydrogen (secondary N) is 1. The lowest BCUT2D eigenvalue weighted by atomic mass is 10.1. The second kappa shape index (κ2) is 9.91.